The Bertz CT molecular complexity index is 825. The second kappa shape index (κ2) is 17.3. The molecule has 0 spiro atoms. The standard InChI is InChI=1S/C23H36N4O9.Gd/c28-11-4-18(21(31)32)25-7-9-26(19(5-12-29)22(33)34)14-16-2-1-3-17(24-16)15-27(10-8-25)20(6-13-30)23(35)36;/h1-3,18-20,28-30H,4-15H2,(H,31,32)(H,33,34)(H,35,36);/q;+3/p-3. The van der Waals surface area contributed by atoms with Crippen molar-refractivity contribution in [3.63, 3.8) is 0 Å². The summed E-state index contributed by atoms with van der Waals surface area (Å²) in [6.45, 7) is -0.940. The smallest absolute Gasteiger partial charge is 0.548 e. The van der Waals surface area contributed by atoms with Crippen LogP contribution in [0.2, 0.25) is 0 Å². The molecule has 2 heterocycles. The van der Waals surface area contributed by atoms with Crippen LogP contribution in [0.5, 0.6) is 0 Å². The fraction of sp³-hybridized carbons (Fsp3) is 0.652. The van der Waals surface area contributed by atoms with Gasteiger partial charge >= 0.3 is 39.9 Å². The van der Waals surface area contributed by atoms with Crippen LogP contribution in [0.4, 0.5) is 0 Å². The first kappa shape index (κ1) is 33.7. The first-order chi connectivity index (χ1) is 17.2. The Morgan fingerprint density at radius 2 is 1.03 bits per heavy atom. The zero-order valence-electron chi connectivity index (χ0n) is 20.4. The van der Waals surface area contributed by atoms with E-state index in [2.05, 4.69) is 4.98 Å². The number of aromatic nitrogens is 1. The minimum absolute atomic E-state index is 0. The quantitative estimate of drug-likeness (QED) is 0.191. The van der Waals surface area contributed by atoms with Gasteiger partial charge in [-0.2, -0.15) is 0 Å². The molecule has 3 unspecified atom stereocenters. The van der Waals surface area contributed by atoms with Crippen LogP contribution in [0.1, 0.15) is 30.7 Å². The van der Waals surface area contributed by atoms with Crippen molar-refractivity contribution in [2.75, 3.05) is 46.0 Å². The topological polar surface area (TPSA) is 204 Å². The number of carboxylic acids is 3. The number of aliphatic hydroxyl groups excluding tert-OH is 3. The number of fused-ring (bicyclic) bond motifs is 2. The minimum Gasteiger partial charge on any atom is -0.548 e. The van der Waals surface area contributed by atoms with E-state index >= 15 is 0 Å². The Kier molecular flexibility index (Phi) is 15.7. The van der Waals surface area contributed by atoms with Gasteiger partial charge in [0.15, 0.2) is 0 Å². The van der Waals surface area contributed by atoms with E-state index in [0.717, 1.165) is 0 Å². The summed E-state index contributed by atoms with van der Waals surface area (Å²) in [5, 5.41) is 63.7. The summed E-state index contributed by atoms with van der Waals surface area (Å²) in [6, 6.07) is 1.53. The molecule has 13 nitrogen and oxygen atoms in total. The Morgan fingerprint density at radius 1 is 0.703 bits per heavy atom. The number of carbonyl (C=O) groups is 3. The van der Waals surface area contributed by atoms with E-state index in [1.54, 1.807) is 18.2 Å². The molecule has 0 aromatic carbocycles. The summed E-state index contributed by atoms with van der Waals surface area (Å²) in [6.07, 6.45) is -0.361. The third-order valence-electron chi connectivity index (χ3n) is 6.29. The fourth-order valence-corrected chi connectivity index (χ4v) is 4.46. The van der Waals surface area contributed by atoms with Gasteiger partial charge in [-0.05, 0) is 31.4 Å². The van der Waals surface area contributed by atoms with Crippen LogP contribution in [0.25, 0.3) is 0 Å². The van der Waals surface area contributed by atoms with E-state index in [1.807, 2.05) is 0 Å². The average Bonchev–Trinajstić information content (AvgIpc) is 2.82. The molecular weight excluding hydrogens is 634 g/mol. The van der Waals surface area contributed by atoms with E-state index in [0.29, 0.717) is 11.4 Å². The minimum atomic E-state index is -1.43. The molecule has 0 fully saturated rings. The first-order valence-corrected chi connectivity index (χ1v) is 11.8. The van der Waals surface area contributed by atoms with Crippen molar-refractivity contribution in [3.8, 4) is 0 Å². The van der Waals surface area contributed by atoms with Crippen LogP contribution in [0.3, 0.4) is 0 Å². The van der Waals surface area contributed by atoms with Crippen LogP contribution in [0, 0.1) is 39.9 Å². The van der Waals surface area contributed by atoms with Gasteiger partial charge in [-0.15, -0.1) is 0 Å². The van der Waals surface area contributed by atoms with Gasteiger partial charge in [-0.3, -0.25) is 19.7 Å². The molecule has 14 heteroatoms. The third-order valence-corrected chi connectivity index (χ3v) is 6.29. The number of nitrogens with zero attached hydrogens (tertiary/aromatic N) is 4. The van der Waals surface area contributed by atoms with Gasteiger partial charge in [0.2, 0.25) is 0 Å². The Hall–Kier alpha value is -1.36. The van der Waals surface area contributed by atoms with Crippen molar-refractivity contribution < 1.29 is 85.0 Å². The van der Waals surface area contributed by atoms with E-state index in [-0.39, 0.29) is 98.5 Å². The van der Waals surface area contributed by atoms with Gasteiger partial charge in [0.25, 0.3) is 0 Å². The average molecular weight is 667 g/mol. The van der Waals surface area contributed by atoms with E-state index in [4.69, 9.17) is 0 Å². The zero-order valence-corrected chi connectivity index (χ0v) is 22.7. The maximum Gasteiger partial charge on any atom is 3.00 e. The van der Waals surface area contributed by atoms with Crippen molar-refractivity contribution in [2.24, 2.45) is 0 Å². The third kappa shape index (κ3) is 10.4. The number of carbonyl (C=O) groups excluding carboxylic acids is 3. The number of carboxylic acid groups (broad SMARTS) is 3. The predicted molar refractivity (Wildman–Crippen MR) is 118 cm³/mol. The monoisotopic (exact) mass is 667 g/mol. The maximum atomic E-state index is 11.9. The largest absolute Gasteiger partial charge is 3.00 e. The van der Waals surface area contributed by atoms with Crippen molar-refractivity contribution in [2.45, 2.75) is 50.5 Å². The molecule has 2 rings (SSSR count). The summed E-state index contributed by atoms with van der Waals surface area (Å²) in [5.74, 6) is -4.21. The summed E-state index contributed by atoms with van der Waals surface area (Å²) in [5.41, 5.74) is 0.977. The van der Waals surface area contributed by atoms with Crippen molar-refractivity contribution in [1.29, 1.82) is 0 Å². The molecule has 207 valence electrons. The molecule has 0 saturated carbocycles. The zero-order chi connectivity index (χ0) is 26.7. The number of aliphatic carboxylic acids is 3. The van der Waals surface area contributed by atoms with Gasteiger partial charge in [0, 0.05) is 59.1 Å². The van der Waals surface area contributed by atoms with Crippen molar-refractivity contribution >= 4 is 17.9 Å². The van der Waals surface area contributed by atoms with E-state index in [9.17, 15) is 45.0 Å². The SMILES string of the molecule is O=C([O-])C(CCO)N1CCN(C(CCO)C(=O)[O-])Cc2cccc(n2)CN(C(CCO)C(=O)[O-])CC1.[Gd+3]. The molecule has 1 aliphatic heterocycles. The Morgan fingerprint density at radius 3 is 1.35 bits per heavy atom. The maximum absolute atomic E-state index is 11.9. The first-order valence-electron chi connectivity index (χ1n) is 11.8. The van der Waals surface area contributed by atoms with Gasteiger partial charge in [-0.1, -0.05) is 6.07 Å². The second-order valence-electron chi connectivity index (χ2n) is 8.64. The van der Waals surface area contributed by atoms with Gasteiger partial charge in [0.05, 0.1) is 47.4 Å². The molecule has 3 N–H and O–H groups in total. The number of pyridine rings is 1. The van der Waals surface area contributed by atoms with E-state index in [1.165, 1.54) is 14.7 Å². The number of aliphatic hydroxyl groups is 3. The van der Waals surface area contributed by atoms with Gasteiger partial charge < -0.3 is 45.0 Å². The Balaban J connectivity index is 0.00000684. The summed E-state index contributed by atoms with van der Waals surface area (Å²) >= 11 is 0. The summed E-state index contributed by atoms with van der Waals surface area (Å²) in [7, 11) is 0. The van der Waals surface area contributed by atoms with E-state index < -0.39 is 55.9 Å². The molecule has 1 radical (unpaired) electrons. The molecule has 3 atom stereocenters. The summed E-state index contributed by atoms with van der Waals surface area (Å²) < 4.78 is 0. The van der Waals surface area contributed by atoms with Crippen LogP contribution >= 0.6 is 0 Å². The number of hydrogen-bond acceptors (Lipinski definition) is 13. The molecule has 1 aromatic rings. The van der Waals surface area contributed by atoms with Crippen molar-refractivity contribution in [3.05, 3.63) is 29.6 Å². The van der Waals surface area contributed by atoms with Gasteiger partial charge in [0.1, 0.15) is 0 Å². The second-order valence-corrected chi connectivity index (χ2v) is 8.64. The molecule has 0 aliphatic carbocycles. The predicted octanol–water partition coefficient (Wildman–Crippen LogP) is -5.50. The summed E-state index contributed by atoms with van der Waals surface area (Å²) in [4.78, 5) is 44.6. The molecule has 0 saturated heterocycles. The fourth-order valence-electron chi connectivity index (χ4n) is 4.46. The normalized spacial score (nSPS) is 18.5. The molecule has 1 aromatic heterocycles. The van der Waals surface area contributed by atoms with Crippen LogP contribution in [-0.2, 0) is 27.5 Å². The molecule has 0 amide bonds. The molecular formula is C23H33GdN4O9. The van der Waals surface area contributed by atoms with Crippen LogP contribution in [0.15, 0.2) is 18.2 Å². The number of rotatable bonds is 12. The molecule has 2 bridgehead atoms. The molecule has 37 heavy (non-hydrogen) atoms. The van der Waals surface area contributed by atoms with Crippen LogP contribution < -0.4 is 15.3 Å². The number of hydrogen-bond donors (Lipinski definition) is 3. The van der Waals surface area contributed by atoms with Crippen molar-refractivity contribution in [1.82, 2.24) is 19.7 Å². The van der Waals surface area contributed by atoms with Gasteiger partial charge in [-0.25, -0.2) is 0 Å². The Labute approximate surface area is 247 Å². The molecule has 1 aliphatic rings. The van der Waals surface area contributed by atoms with Crippen LogP contribution in [-0.4, -0.2) is 117 Å².